The third-order valence-electron chi connectivity index (χ3n) is 5.51. The smallest absolute Gasteiger partial charge is 0.235 e. The lowest BCUT2D eigenvalue weighted by atomic mass is 10.0. The number of benzene rings is 1. The number of thiazole rings is 1. The zero-order chi connectivity index (χ0) is 19.7. The van der Waals surface area contributed by atoms with Crippen LogP contribution in [0, 0.1) is 5.82 Å². The number of aromatic nitrogens is 3. The monoisotopic (exact) mass is 407 g/mol. The fraction of sp³-hybridized carbons (Fsp3) is 0.474. The van der Waals surface area contributed by atoms with Gasteiger partial charge in [0.05, 0.1) is 12.2 Å². The highest BCUT2D eigenvalue weighted by Crippen LogP contribution is 2.35. The molecule has 2 aromatic heterocycles. The minimum Gasteiger partial charge on any atom is -0.492 e. The average Bonchev–Trinajstić information content (AvgIpc) is 3.24. The number of aromatic hydroxyl groups is 1. The van der Waals surface area contributed by atoms with Gasteiger partial charge in [-0.25, -0.2) is 9.37 Å². The number of aryl methyl sites for hydroxylation is 1. The molecule has 28 heavy (non-hydrogen) atoms. The number of rotatable bonds is 6. The molecule has 1 aliphatic heterocycles. The molecular weight excluding hydrogens is 381 g/mol. The molecule has 3 aromatic rings. The number of piperazine rings is 1. The SMILES string of the molecule is CCc1nc2sc([C@@H](c3ccccc3F)[NH+]3CC[NH+](CCO)CC3)c(O)n2n1. The zero-order valence-electron chi connectivity index (χ0n) is 15.9. The van der Waals surface area contributed by atoms with Crippen LogP contribution in [-0.4, -0.2) is 64.1 Å². The number of nitrogens with one attached hydrogen (secondary N) is 2. The van der Waals surface area contributed by atoms with Crippen LogP contribution in [0.4, 0.5) is 4.39 Å². The van der Waals surface area contributed by atoms with Gasteiger partial charge in [0.25, 0.3) is 0 Å². The van der Waals surface area contributed by atoms with Crippen LogP contribution in [0.1, 0.15) is 29.2 Å². The Kier molecular flexibility index (Phi) is 5.58. The minimum atomic E-state index is -0.310. The average molecular weight is 408 g/mol. The van der Waals surface area contributed by atoms with Crippen molar-refractivity contribution in [3.63, 3.8) is 0 Å². The highest BCUT2D eigenvalue weighted by Gasteiger charge is 2.37. The summed E-state index contributed by atoms with van der Waals surface area (Å²) in [7, 11) is 0. The second-order valence-corrected chi connectivity index (χ2v) is 8.21. The first kappa shape index (κ1) is 19.3. The lowest BCUT2D eigenvalue weighted by Gasteiger charge is -2.34. The van der Waals surface area contributed by atoms with E-state index < -0.39 is 0 Å². The summed E-state index contributed by atoms with van der Waals surface area (Å²) < 4.78 is 16.2. The van der Waals surface area contributed by atoms with Gasteiger partial charge in [-0.2, -0.15) is 4.52 Å². The van der Waals surface area contributed by atoms with E-state index in [1.807, 2.05) is 13.0 Å². The normalized spacial score (nSPS) is 21.2. The molecule has 0 unspecified atom stereocenters. The third kappa shape index (κ3) is 3.50. The van der Waals surface area contributed by atoms with E-state index in [2.05, 4.69) is 10.1 Å². The third-order valence-corrected chi connectivity index (χ3v) is 6.60. The van der Waals surface area contributed by atoms with Gasteiger partial charge in [-0.3, -0.25) is 0 Å². The quantitative estimate of drug-likeness (QED) is 0.426. The number of hydrogen-bond acceptors (Lipinski definition) is 5. The Bertz CT molecular complexity index is 951. The van der Waals surface area contributed by atoms with Crippen molar-refractivity contribution < 1.29 is 24.4 Å². The van der Waals surface area contributed by atoms with E-state index in [4.69, 9.17) is 0 Å². The van der Waals surface area contributed by atoms with Crippen molar-refractivity contribution in [2.24, 2.45) is 0 Å². The van der Waals surface area contributed by atoms with Gasteiger partial charge in [0.1, 0.15) is 43.4 Å². The molecule has 0 radical (unpaired) electrons. The molecule has 4 N–H and O–H groups in total. The Morgan fingerprint density at radius 3 is 2.64 bits per heavy atom. The first-order chi connectivity index (χ1) is 13.6. The van der Waals surface area contributed by atoms with Crippen molar-refractivity contribution in [2.75, 3.05) is 39.3 Å². The highest BCUT2D eigenvalue weighted by molar-refractivity contribution is 7.17. The molecule has 0 amide bonds. The largest absolute Gasteiger partial charge is 0.492 e. The summed E-state index contributed by atoms with van der Waals surface area (Å²) in [4.78, 5) is 8.37. The summed E-state index contributed by atoms with van der Waals surface area (Å²) in [5.74, 6) is 0.472. The molecule has 0 spiro atoms. The number of halogens is 1. The van der Waals surface area contributed by atoms with E-state index in [-0.39, 0.29) is 24.3 Å². The van der Waals surface area contributed by atoms with Crippen molar-refractivity contribution in [1.29, 1.82) is 0 Å². The van der Waals surface area contributed by atoms with E-state index in [1.54, 1.807) is 12.1 Å². The fourth-order valence-corrected chi connectivity index (χ4v) is 5.16. The van der Waals surface area contributed by atoms with Crippen LogP contribution in [0.3, 0.4) is 0 Å². The standard InChI is InChI=1S/C19H24FN5O2S/c1-2-15-21-19-25(22-15)18(27)17(28-19)16(13-5-3-4-6-14(13)20)24-9-7-23(8-10-24)11-12-26/h3-6,16,26-27H,2,7-12H2,1H3/p+2/t16-/m1/s1. The van der Waals surface area contributed by atoms with Gasteiger partial charge in [0, 0.05) is 6.42 Å². The van der Waals surface area contributed by atoms with Gasteiger partial charge in [0.2, 0.25) is 10.8 Å². The lowest BCUT2D eigenvalue weighted by Crippen LogP contribution is -3.28. The van der Waals surface area contributed by atoms with E-state index in [9.17, 15) is 14.6 Å². The van der Waals surface area contributed by atoms with Crippen LogP contribution in [0.15, 0.2) is 24.3 Å². The van der Waals surface area contributed by atoms with Crippen molar-refractivity contribution in [3.05, 3.63) is 46.3 Å². The van der Waals surface area contributed by atoms with Crippen LogP contribution >= 0.6 is 11.3 Å². The van der Waals surface area contributed by atoms with Gasteiger partial charge in [-0.1, -0.05) is 30.4 Å². The first-order valence-electron chi connectivity index (χ1n) is 9.73. The Labute approximate surface area is 166 Å². The van der Waals surface area contributed by atoms with Crippen LogP contribution in [0.2, 0.25) is 0 Å². The maximum atomic E-state index is 14.7. The van der Waals surface area contributed by atoms with Crippen molar-refractivity contribution in [2.45, 2.75) is 19.4 Å². The summed E-state index contributed by atoms with van der Waals surface area (Å²) in [5.41, 5.74) is 0.582. The van der Waals surface area contributed by atoms with Gasteiger partial charge in [-0.05, 0) is 12.1 Å². The van der Waals surface area contributed by atoms with Gasteiger partial charge >= 0.3 is 0 Å². The summed E-state index contributed by atoms with van der Waals surface area (Å²) in [6.07, 6.45) is 0.695. The van der Waals surface area contributed by atoms with Crippen LogP contribution < -0.4 is 9.80 Å². The van der Waals surface area contributed by atoms with E-state index >= 15 is 0 Å². The van der Waals surface area contributed by atoms with Crippen molar-refractivity contribution >= 4 is 16.3 Å². The van der Waals surface area contributed by atoms with E-state index in [0.717, 1.165) is 32.7 Å². The molecule has 1 atom stereocenters. The Morgan fingerprint density at radius 2 is 2.00 bits per heavy atom. The molecule has 0 bridgehead atoms. The molecule has 1 fully saturated rings. The number of fused-ring (bicyclic) bond motifs is 1. The number of quaternary nitrogens is 2. The predicted octanol–water partition coefficient (Wildman–Crippen LogP) is -0.937. The molecule has 3 heterocycles. The van der Waals surface area contributed by atoms with E-state index in [0.29, 0.717) is 27.6 Å². The van der Waals surface area contributed by atoms with Gasteiger partial charge in [0.15, 0.2) is 11.9 Å². The second kappa shape index (κ2) is 8.12. The first-order valence-corrected chi connectivity index (χ1v) is 10.5. The van der Waals surface area contributed by atoms with E-state index in [1.165, 1.54) is 31.7 Å². The molecule has 4 rings (SSSR count). The molecular formula is C19H26FN5O2S+2. The number of aliphatic hydroxyl groups is 1. The Hall–Kier alpha value is -2.07. The topological polar surface area (TPSA) is 79.5 Å². The molecule has 0 saturated carbocycles. The van der Waals surface area contributed by atoms with Gasteiger partial charge in [-0.15, -0.1) is 5.10 Å². The Morgan fingerprint density at radius 1 is 1.25 bits per heavy atom. The summed E-state index contributed by atoms with van der Waals surface area (Å²) in [6.45, 7) is 6.36. The number of nitrogens with zero attached hydrogens (tertiary/aromatic N) is 3. The van der Waals surface area contributed by atoms with Crippen molar-refractivity contribution in [1.82, 2.24) is 14.6 Å². The second-order valence-electron chi connectivity index (χ2n) is 7.20. The number of hydrogen-bond donors (Lipinski definition) is 4. The molecule has 1 saturated heterocycles. The van der Waals surface area contributed by atoms with Crippen LogP contribution in [-0.2, 0) is 6.42 Å². The summed E-state index contributed by atoms with van der Waals surface area (Å²) >= 11 is 1.38. The maximum absolute atomic E-state index is 14.7. The molecule has 9 heteroatoms. The minimum absolute atomic E-state index is 0.0538. The highest BCUT2D eigenvalue weighted by atomic mass is 32.1. The zero-order valence-corrected chi connectivity index (χ0v) is 16.7. The maximum Gasteiger partial charge on any atom is 0.235 e. The number of aliphatic hydroxyl groups excluding tert-OH is 1. The molecule has 0 aliphatic carbocycles. The van der Waals surface area contributed by atoms with Crippen molar-refractivity contribution in [3.8, 4) is 5.88 Å². The molecule has 150 valence electrons. The lowest BCUT2D eigenvalue weighted by molar-refractivity contribution is -1.02. The summed E-state index contributed by atoms with van der Waals surface area (Å²) in [5, 5.41) is 24.4. The molecule has 7 nitrogen and oxygen atoms in total. The summed E-state index contributed by atoms with van der Waals surface area (Å²) in [6, 6.07) is 6.48. The Balaban J connectivity index is 1.73. The van der Waals surface area contributed by atoms with Crippen LogP contribution in [0.5, 0.6) is 5.88 Å². The fourth-order valence-electron chi connectivity index (χ4n) is 4.01. The molecule has 1 aliphatic rings. The predicted molar refractivity (Wildman–Crippen MR) is 103 cm³/mol. The van der Waals surface area contributed by atoms with Gasteiger partial charge < -0.3 is 20.0 Å². The molecule has 1 aromatic carbocycles. The van der Waals surface area contributed by atoms with Crippen LogP contribution in [0.25, 0.3) is 4.96 Å².